The van der Waals surface area contributed by atoms with Gasteiger partial charge in [-0.15, -0.1) is 0 Å². The second-order valence-electron chi connectivity index (χ2n) is 5.52. The molecular weight excluding hydrogens is 302 g/mol. The highest BCUT2D eigenvalue weighted by atomic mass is 79.9. The molecule has 0 aliphatic carbocycles. The third-order valence-electron chi connectivity index (χ3n) is 2.97. The average Bonchev–Trinajstić information content (AvgIpc) is 2.33. The highest BCUT2D eigenvalue weighted by molar-refractivity contribution is 9.09. The molecule has 0 aliphatic rings. The van der Waals surface area contributed by atoms with Gasteiger partial charge in [-0.05, 0) is 31.2 Å². The first-order chi connectivity index (χ1) is 8.97. The minimum Gasteiger partial charge on any atom is -0.355 e. The van der Waals surface area contributed by atoms with Crippen LogP contribution < -0.4 is 5.32 Å². The smallest absolute Gasteiger partial charge is 0.220 e. The van der Waals surface area contributed by atoms with Crippen molar-refractivity contribution >= 4 is 21.8 Å². The van der Waals surface area contributed by atoms with Crippen LogP contribution in [-0.2, 0) is 11.2 Å². The molecular formula is C16H24BrNO. The van der Waals surface area contributed by atoms with Crippen molar-refractivity contribution in [2.45, 2.75) is 44.9 Å². The van der Waals surface area contributed by atoms with Gasteiger partial charge in [-0.25, -0.2) is 0 Å². The second-order valence-corrected chi connectivity index (χ2v) is 6.81. The van der Waals surface area contributed by atoms with Crippen molar-refractivity contribution in [2.75, 3.05) is 6.54 Å². The predicted molar refractivity (Wildman–Crippen MR) is 84.7 cm³/mol. The molecule has 0 bridgehead atoms. The van der Waals surface area contributed by atoms with E-state index in [4.69, 9.17) is 0 Å². The number of nitrogens with one attached hydrogen (secondary N) is 1. The van der Waals surface area contributed by atoms with Crippen LogP contribution in [0.15, 0.2) is 24.3 Å². The van der Waals surface area contributed by atoms with E-state index < -0.39 is 0 Å². The maximum Gasteiger partial charge on any atom is 0.220 e. The fourth-order valence-corrected chi connectivity index (χ4v) is 2.94. The summed E-state index contributed by atoms with van der Waals surface area (Å²) in [5.41, 5.74) is 2.48. The summed E-state index contributed by atoms with van der Waals surface area (Å²) in [7, 11) is 0. The van der Waals surface area contributed by atoms with Crippen molar-refractivity contribution in [2.24, 2.45) is 5.92 Å². The SMILES string of the molecule is Cc1cccc(CCC(=O)NCC(Br)CC(C)C)c1. The fraction of sp³-hybridized carbons (Fsp3) is 0.562. The molecule has 0 saturated heterocycles. The zero-order valence-electron chi connectivity index (χ0n) is 12.1. The van der Waals surface area contributed by atoms with Crippen molar-refractivity contribution < 1.29 is 4.79 Å². The van der Waals surface area contributed by atoms with Gasteiger partial charge in [-0.1, -0.05) is 59.6 Å². The minimum absolute atomic E-state index is 0.134. The van der Waals surface area contributed by atoms with Crippen LogP contribution in [0.1, 0.15) is 37.8 Å². The van der Waals surface area contributed by atoms with Crippen molar-refractivity contribution in [3.8, 4) is 0 Å². The maximum atomic E-state index is 11.8. The molecule has 1 unspecified atom stereocenters. The van der Waals surface area contributed by atoms with E-state index in [1.807, 2.05) is 6.07 Å². The molecule has 1 rings (SSSR count). The lowest BCUT2D eigenvalue weighted by atomic mass is 10.1. The van der Waals surface area contributed by atoms with Crippen LogP contribution in [0.5, 0.6) is 0 Å². The summed E-state index contributed by atoms with van der Waals surface area (Å²) in [5.74, 6) is 0.781. The molecule has 0 heterocycles. The Kier molecular flexibility index (Phi) is 7.14. The number of halogens is 1. The summed E-state index contributed by atoms with van der Waals surface area (Å²) in [6.07, 6.45) is 2.45. The van der Waals surface area contributed by atoms with Crippen LogP contribution in [0.3, 0.4) is 0 Å². The van der Waals surface area contributed by atoms with Crippen molar-refractivity contribution in [1.82, 2.24) is 5.32 Å². The topological polar surface area (TPSA) is 29.1 Å². The molecule has 0 fully saturated rings. The minimum atomic E-state index is 0.134. The van der Waals surface area contributed by atoms with Gasteiger partial charge < -0.3 is 5.32 Å². The van der Waals surface area contributed by atoms with Crippen LogP contribution in [0.4, 0.5) is 0 Å². The molecule has 1 aromatic rings. The number of hydrogen-bond acceptors (Lipinski definition) is 1. The van der Waals surface area contributed by atoms with E-state index in [1.165, 1.54) is 11.1 Å². The molecule has 1 aromatic carbocycles. The Morgan fingerprint density at radius 3 is 2.74 bits per heavy atom. The molecule has 2 nitrogen and oxygen atoms in total. The maximum absolute atomic E-state index is 11.8. The Bertz CT molecular complexity index is 403. The summed E-state index contributed by atoms with van der Waals surface area (Å²) in [6, 6.07) is 8.33. The van der Waals surface area contributed by atoms with Crippen molar-refractivity contribution in [1.29, 1.82) is 0 Å². The van der Waals surface area contributed by atoms with Gasteiger partial charge in [0.1, 0.15) is 0 Å². The second kappa shape index (κ2) is 8.36. The molecule has 0 aliphatic heterocycles. The quantitative estimate of drug-likeness (QED) is 0.758. The highest BCUT2D eigenvalue weighted by Gasteiger charge is 2.09. The highest BCUT2D eigenvalue weighted by Crippen LogP contribution is 2.11. The third-order valence-corrected chi connectivity index (χ3v) is 3.67. The largest absolute Gasteiger partial charge is 0.355 e. The molecule has 1 atom stereocenters. The van der Waals surface area contributed by atoms with E-state index >= 15 is 0 Å². The zero-order valence-corrected chi connectivity index (χ0v) is 13.7. The monoisotopic (exact) mass is 325 g/mol. The molecule has 0 saturated carbocycles. The first-order valence-corrected chi connectivity index (χ1v) is 7.85. The molecule has 0 spiro atoms. The summed E-state index contributed by atoms with van der Waals surface area (Å²) >= 11 is 3.60. The van der Waals surface area contributed by atoms with Crippen LogP contribution >= 0.6 is 15.9 Å². The first-order valence-electron chi connectivity index (χ1n) is 6.93. The number of aryl methyl sites for hydroxylation is 2. The van der Waals surface area contributed by atoms with Gasteiger partial charge in [-0.3, -0.25) is 4.79 Å². The Labute approximate surface area is 125 Å². The van der Waals surface area contributed by atoms with E-state index in [1.54, 1.807) is 0 Å². The summed E-state index contributed by atoms with van der Waals surface area (Å²) < 4.78 is 0. The van der Waals surface area contributed by atoms with Gasteiger partial charge in [-0.2, -0.15) is 0 Å². The van der Waals surface area contributed by atoms with Crippen LogP contribution in [0, 0.1) is 12.8 Å². The third kappa shape index (κ3) is 7.36. The van der Waals surface area contributed by atoms with E-state index in [-0.39, 0.29) is 5.91 Å². The predicted octanol–water partition coefficient (Wildman–Crippen LogP) is 3.85. The van der Waals surface area contributed by atoms with Gasteiger partial charge in [0.2, 0.25) is 5.91 Å². The molecule has 0 aromatic heterocycles. The lowest BCUT2D eigenvalue weighted by Crippen LogP contribution is -2.30. The Hall–Kier alpha value is -0.830. The molecule has 1 N–H and O–H groups in total. The molecule has 19 heavy (non-hydrogen) atoms. The van der Waals surface area contributed by atoms with E-state index in [9.17, 15) is 4.79 Å². The van der Waals surface area contributed by atoms with Gasteiger partial charge in [0.15, 0.2) is 0 Å². The van der Waals surface area contributed by atoms with Gasteiger partial charge in [0.25, 0.3) is 0 Å². The lowest BCUT2D eigenvalue weighted by Gasteiger charge is -2.13. The number of amides is 1. The van der Waals surface area contributed by atoms with E-state index in [2.05, 4.69) is 60.2 Å². The number of alkyl halides is 1. The molecule has 3 heteroatoms. The Morgan fingerprint density at radius 1 is 1.37 bits per heavy atom. The van der Waals surface area contributed by atoms with Crippen LogP contribution in [0.2, 0.25) is 0 Å². The summed E-state index contributed by atoms with van der Waals surface area (Å²) in [4.78, 5) is 12.1. The number of hydrogen-bond donors (Lipinski definition) is 1. The summed E-state index contributed by atoms with van der Waals surface area (Å²) in [6.45, 7) is 7.16. The number of carbonyl (C=O) groups excluding carboxylic acids is 1. The van der Waals surface area contributed by atoms with Gasteiger partial charge in [0.05, 0.1) is 0 Å². The van der Waals surface area contributed by atoms with E-state index in [0.717, 1.165) is 12.8 Å². The molecule has 0 radical (unpaired) electrons. The Balaban J connectivity index is 2.25. The van der Waals surface area contributed by atoms with Crippen LogP contribution in [0.25, 0.3) is 0 Å². The standard InChI is InChI=1S/C16H24BrNO/c1-12(2)9-15(17)11-18-16(19)8-7-14-6-4-5-13(3)10-14/h4-6,10,12,15H,7-9,11H2,1-3H3,(H,18,19). The first kappa shape index (κ1) is 16.2. The normalized spacial score (nSPS) is 12.5. The molecule has 106 valence electrons. The average molecular weight is 326 g/mol. The van der Waals surface area contributed by atoms with Crippen molar-refractivity contribution in [3.05, 3.63) is 35.4 Å². The van der Waals surface area contributed by atoms with Gasteiger partial charge in [0, 0.05) is 17.8 Å². The van der Waals surface area contributed by atoms with E-state index in [0.29, 0.717) is 23.7 Å². The number of rotatable bonds is 7. The van der Waals surface area contributed by atoms with Gasteiger partial charge >= 0.3 is 0 Å². The number of carbonyl (C=O) groups is 1. The summed E-state index contributed by atoms with van der Waals surface area (Å²) in [5, 5.41) is 2.99. The Morgan fingerprint density at radius 2 is 2.11 bits per heavy atom. The number of benzene rings is 1. The van der Waals surface area contributed by atoms with Crippen molar-refractivity contribution in [3.63, 3.8) is 0 Å². The zero-order chi connectivity index (χ0) is 14.3. The fourth-order valence-electron chi connectivity index (χ4n) is 2.03. The van der Waals surface area contributed by atoms with Crippen LogP contribution in [-0.4, -0.2) is 17.3 Å². The lowest BCUT2D eigenvalue weighted by molar-refractivity contribution is -0.121. The molecule has 1 amide bonds.